The van der Waals surface area contributed by atoms with E-state index in [1.54, 1.807) is 4.90 Å². The van der Waals surface area contributed by atoms with Crippen molar-refractivity contribution in [3.05, 3.63) is 35.4 Å². The number of nitrogens with zero attached hydrogens (tertiary/aromatic N) is 1. The van der Waals surface area contributed by atoms with Crippen LogP contribution in [0.15, 0.2) is 24.3 Å². The first-order valence-electron chi connectivity index (χ1n) is 5.30. The standard InChI is InChI=1S/C12H13NO2/c14-9-6-13(7-9)12(15)11-5-8-3-1-2-4-10(8)11/h1-4,9,11,14H,5-7H2. The molecule has 3 heteroatoms. The first-order valence-corrected chi connectivity index (χ1v) is 5.30. The highest BCUT2D eigenvalue weighted by atomic mass is 16.3. The third-order valence-electron chi connectivity index (χ3n) is 3.33. The number of carbonyl (C=O) groups excluding carboxylic acids is 1. The lowest BCUT2D eigenvalue weighted by Crippen LogP contribution is -2.55. The summed E-state index contributed by atoms with van der Waals surface area (Å²) in [5.74, 6) is 0.229. The zero-order chi connectivity index (χ0) is 10.4. The molecule has 1 aliphatic heterocycles. The SMILES string of the molecule is O=C(C1Cc2ccccc21)N1CC(O)C1. The van der Waals surface area contributed by atoms with Gasteiger partial charge in [0.2, 0.25) is 5.91 Å². The smallest absolute Gasteiger partial charge is 0.230 e. The minimum atomic E-state index is -0.302. The Morgan fingerprint density at radius 2 is 2.07 bits per heavy atom. The Kier molecular flexibility index (Phi) is 1.83. The van der Waals surface area contributed by atoms with Gasteiger partial charge in [0.15, 0.2) is 0 Å². The van der Waals surface area contributed by atoms with Crippen LogP contribution in [0.5, 0.6) is 0 Å². The molecule has 1 aromatic carbocycles. The molecule has 1 heterocycles. The predicted molar refractivity (Wildman–Crippen MR) is 55.5 cm³/mol. The van der Waals surface area contributed by atoms with Gasteiger partial charge in [-0.25, -0.2) is 0 Å². The van der Waals surface area contributed by atoms with Crippen molar-refractivity contribution in [2.75, 3.05) is 13.1 Å². The van der Waals surface area contributed by atoms with Crippen molar-refractivity contribution in [3.63, 3.8) is 0 Å². The third-order valence-corrected chi connectivity index (χ3v) is 3.33. The predicted octanol–water partition coefficient (Wildman–Crippen LogP) is 0.529. The lowest BCUT2D eigenvalue weighted by molar-refractivity contribution is -0.143. The molecule has 1 fully saturated rings. The van der Waals surface area contributed by atoms with E-state index in [0.717, 1.165) is 6.42 Å². The Labute approximate surface area is 88.3 Å². The molecule has 0 bridgehead atoms. The summed E-state index contributed by atoms with van der Waals surface area (Å²) >= 11 is 0. The fourth-order valence-corrected chi connectivity index (χ4v) is 2.33. The van der Waals surface area contributed by atoms with Crippen LogP contribution in [0, 0.1) is 0 Å². The van der Waals surface area contributed by atoms with E-state index in [0.29, 0.717) is 13.1 Å². The van der Waals surface area contributed by atoms with Gasteiger partial charge in [-0.05, 0) is 17.5 Å². The van der Waals surface area contributed by atoms with Gasteiger partial charge in [-0.1, -0.05) is 24.3 Å². The quantitative estimate of drug-likeness (QED) is 0.723. The molecule has 0 radical (unpaired) electrons. The van der Waals surface area contributed by atoms with Crippen LogP contribution < -0.4 is 0 Å². The summed E-state index contributed by atoms with van der Waals surface area (Å²) in [6, 6.07) is 8.08. The highest BCUT2D eigenvalue weighted by molar-refractivity contribution is 5.87. The van der Waals surface area contributed by atoms with E-state index < -0.39 is 0 Å². The first kappa shape index (κ1) is 8.92. The maximum atomic E-state index is 11.9. The molecule has 2 aliphatic rings. The van der Waals surface area contributed by atoms with Gasteiger partial charge in [0, 0.05) is 13.1 Å². The number of hydrogen-bond donors (Lipinski definition) is 1. The maximum absolute atomic E-state index is 11.9. The van der Waals surface area contributed by atoms with E-state index >= 15 is 0 Å². The fraction of sp³-hybridized carbons (Fsp3) is 0.417. The normalized spacial score (nSPS) is 24.1. The number of carbonyl (C=O) groups is 1. The van der Waals surface area contributed by atoms with E-state index in [9.17, 15) is 4.79 Å². The molecule has 1 atom stereocenters. The molecular formula is C12H13NO2. The average Bonchev–Trinajstić information content (AvgIpc) is 2.15. The Hall–Kier alpha value is -1.35. The van der Waals surface area contributed by atoms with Crippen LogP contribution in [0.1, 0.15) is 17.0 Å². The van der Waals surface area contributed by atoms with E-state index in [1.807, 2.05) is 18.2 Å². The first-order chi connectivity index (χ1) is 7.25. The number of rotatable bonds is 1. The Balaban J connectivity index is 1.74. The summed E-state index contributed by atoms with van der Waals surface area (Å²) in [5, 5.41) is 9.14. The van der Waals surface area contributed by atoms with Gasteiger partial charge in [0.05, 0.1) is 12.0 Å². The van der Waals surface area contributed by atoms with Crippen molar-refractivity contribution < 1.29 is 9.90 Å². The van der Waals surface area contributed by atoms with E-state index in [-0.39, 0.29) is 17.9 Å². The van der Waals surface area contributed by atoms with Gasteiger partial charge in [-0.3, -0.25) is 4.79 Å². The molecule has 1 amide bonds. The van der Waals surface area contributed by atoms with Crippen LogP contribution in [0.2, 0.25) is 0 Å². The Morgan fingerprint density at radius 3 is 2.73 bits per heavy atom. The molecule has 78 valence electrons. The van der Waals surface area contributed by atoms with Crippen LogP contribution in [-0.4, -0.2) is 35.1 Å². The second kappa shape index (κ2) is 3.07. The second-order valence-electron chi connectivity index (χ2n) is 4.35. The van der Waals surface area contributed by atoms with Crippen molar-refractivity contribution >= 4 is 5.91 Å². The van der Waals surface area contributed by atoms with Crippen LogP contribution >= 0.6 is 0 Å². The van der Waals surface area contributed by atoms with Gasteiger partial charge in [0.1, 0.15) is 0 Å². The van der Waals surface area contributed by atoms with Crippen LogP contribution in [0.25, 0.3) is 0 Å². The van der Waals surface area contributed by atoms with Crippen molar-refractivity contribution in [2.45, 2.75) is 18.4 Å². The van der Waals surface area contributed by atoms with Crippen molar-refractivity contribution in [3.8, 4) is 0 Å². The lowest BCUT2D eigenvalue weighted by Gasteiger charge is -2.41. The summed E-state index contributed by atoms with van der Waals surface area (Å²) in [7, 11) is 0. The van der Waals surface area contributed by atoms with Crippen LogP contribution in [0.4, 0.5) is 0 Å². The molecular weight excluding hydrogens is 190 g/mol. The summed E-state index contributed by atoms with van der Waals surface area (Å²) < 4.78 is 0. The summed E-state index contributed by atoms with van der Waals surface area (Å²) in [5.41, 5.74) is 2.46. The number of amides is 1. The number of aliphatic hydroxyl groups excluding tert-OH is 1. The minimum absolute atomic E-state index is 0.0497. The summed E-state index contributed by atoms with van der Waals surface area (Å²) in [6.45, 7) is 1.02. The maximum Gasteiger partial charge on any atom is 0.230 e. The molecule has 1 saturated heterocycles. The topological polar surface area (TPSA) is 40.5 Å². The third kappa shape index (κ3) is 1.27. The molecule has 1 aliphatic carbocycles. The monoisotopic (exact) mass is 203 g/mol. The molecule has 0 aromatic heterocycles. The molecule has 0 spiro atoms. The molecule has 3 nitrogen and oxygen atoms in total. The van der Waals surface area contributed by atoms with E-state index in [4.69, 9.17) is 5.11 Å². The van der Waals surface area contributed by atoms with Crippen LogP contribution in [-0.2, 0) is 11.2 Å². The number of aliphatic hydroxyl groups is 1. The number of β-amino-alcohol motifs (C(OH)–C–C–N with tert-alkyl or cyclic N) is 1. The summed E-state index contributed by atoms with van der Waals surface area (Å²) in [4.78, 5) is 13.7. The zero-order valence-electron chi connectivity index (χ0n) is 8.39. The number of hydrogen-bond acceptors (Lipinski definition) is 2. The van der Waals surface area contributed by atoms with Gasteiger partial charge >= 0.3 is 0 Å². The Bertz CT molecular complexity index is 410. The van der Waals surface area contributed by atoms with Gasteiger partial charge in [-0.2, -0.15) is 0 Å². The molecule has 1 unspecified atom stereocenters. The summed E-state index contributed by atoms with van der Waals surface area (Å²) in [6.07, 6.45) is 0.561. The van der Waals surface area contributed by atoms with Crippen molar-refractivity contribution in [2.24, 2.45) is 0 Å². The molecule has 1 aromatic rings. The largest absolute Gasteiger partial charge is 0.389 e. The van der Waals surface area contributed by atoms with Crippen molar-refractivity contribution in [1.82, 2.24) is 4.90 Å². The van der Waals surface area contributed by atoms with Gasteiger partial charge in [0.25, 0.3) is 0 Å². The van der Waals surface area contributed by atoms with E-state index in [1.165, 1.54) is 11.1 Å². The molecule has 0 saturated carbocycles. The second-order valence-corrected chi connectivity index (χ2v) is 4.35. The van der Waals surface area contributed by atoms with Gasteiger partial charge < -0.3 is 10.0 Å². The Morgan fingerprint density at radius 1 is 1.33 bits per heavy atom. The van der Waals surface area contributed by atoms with Crippen molar-refractivity contribution in [1.29, 1.82) is 0 Å². The molecule has 3 rings (SSSR count). The van der Waals surface area contributed by atoms with E-state index in [2.05, 4.69) is 6.07 Å². The number of fused-ring (bicyclic) bond motifs is 1. The zero-order valence-corrected chi connectivity index (χ0v) is 8.39. The molecule has 15 heavy (non-hydrogen) atoms. The number of benzene rings is 1. The highest BCUT2D eigenvalue weighted by Crippen LogP contribution is 2.36. The number of likely N-dealkylation sites (tertiary alicyclic amines) is 1. The molecule has 1 N–H and O–H groups in total. The fourth-order valence-electron chi connectivity index (χ4n) is 2.33. The van der Waals surface area contributed by atoms with Gasteiger partial charge in [-0.15, -0.1) is 0 Å². The minimum Gasteiger partial charge on any atom is -0.389 e. The average molecular weight is 203 g/mol. The van der Waals surface area contributed by atoms with Crippen LogP contribution in [0.3, 0.4) is 0 Å². The lowest BCUT2D eigenvalue weighted by atomic mass is 9.76. The highest BCUT2D eigenvalue weighted by Gasteiger charge is 2.38.